The average molecular weight is 226 g/mol. The van der Waals surface area contributed by atoms with E-state index in [1.807, 2.05) is 7.05 Å². The van der Waals surface area contributed by atoms with Crippen molar-refractivity contribution in [1.29, 1.82) is 0 Å². The molecular weight excluding hydrogens is 214 g/mol. The van der Waals surface area contributed by atoms with E-state index in [4.69, 9.17) is 0 Å². The average Bonchev–Trinajstić information content (AvgIpc) is 2.86. The number of rotatable bonds is 2. The third-order valence-corrected chi connectivity index (χ3v) is 2.97. The SMILES string of the molecule is CNc1ccc(C2CC2)cc1Br. The molecule has 0 unspecified atom stereocenters. The van der Waals surface area contributed by atoms with Gasteiger partial charge in [0.05, 0.1) is 0 Å². The highest BCUT2D eigenvalue weighted by atomic mass is 79.9. The molecule has 1 fully saturated rings. The minimum absolute atomic E-state index is 0.840. The first-order chi connectivity index (χ1) is 5.81. The highest BCUT2D eigenvalue weighted by Crippen LogP contribution is 2.41. The van der Waals surface area contributed by atoms with E-state index in [0.29, 0.717) is 0 Å². The fraction of sp³-hybridized carbons (Fsp3) is 0.400. The quantitative estimate of drug-likeness (QED) is 0.815. The van der Waals surface area contributed by atoms with E-state index in [1.54, 1.807) is 0 Å². The Kier molecular flexibility index (Phi) is 2.09. The van der Waals surface area contributed by atoms with E-state index in [0.717, 1.165) is 5.92 Å². The number of hydrogen-bond acceptors (Lipinski definition) is 1. The van der Waals surface area contributed by atoms with Crippen LogP contribution in [0.15, 0.2) is 22.7 Å². The highest BCUT2D eigenvalue weighted by Gasteiger charge is 2.23. The van der Waals surface area contributed by atoms with Crippen molar-refractivity contribution in [2.75, 3.05) is 12.4 Å². The molecule has 12 heavy (non-hydrogen) atoms. The van der Waals surface area contributed by atoms with Gasteiger partial charge in [-0.2, -0.15) is 0 Å². The summed E-state index contributed by atoms with van der Waals surface area (Å²) in [4.78, 5) is 0. The minimum Gasteiger partial charge on any atom is -0.387 e. The monoisotopic (exact) mass is 225 g/mol. The Morgan fingerprint density at radius 2 is 2.17 bits per heavy atom. The van der Waals surface area contributed by atoms with Crippen molar-refractivity contribution < 1.29 is 0 Å². The molecule has 1 aliphatic rings. The molecule has 0 aliphatic heterocycles. The molecule has 0 bridgehead atoms. The second-order valence-electron chi connectivity index (χ2n) is 3.26. The van der Waals surface area contributed by atoms with Gasteiger partial charge in [0, 0.05) is 17.2 Å². The number of nitrogens with one attached hydrogen (secondary N) is 1. The summed E-state index contributed by atoms with van der Waals surface area (Å²) >= 11 is 3.54. The first kappa shape index (κ1) is 8.11. The largest absolute Gasteiger partial charge is 0.387 e. The Balaban J connectivity index is 2.30. The first-order valence-corrected chi connectivity index (χ1v) is 5.08. The Bertz CT molecular complexity index is 292. The maximum atomic E-state index is 3.54. The lowest BCUT2D eigenvalue weighted by atomic mass is 10.1. The molecule has 1 nitrogen and oxygen atoms in total. The number of halogens is 1. The summed E-state index contributed by atoms with van der Waals surface area (Å²) in [6.45, 7) is 0. The molecule has 0 spiro atoms. The van der Waals surface area contributed by atoms with Gasteiger partial charge < -0.3 is 5.32 Å². The molecule has 2 heteroatoms. The highest BCUT2D eigenvalue weighted by molar-refractivity contribution is 9.10. The van der Waals surface area contributed by atoms with Crippen molar-refractivity contribution in [3.8, 4) is 0 Å². The zero-order chi connectivity index (χ0) is 8.55. The van der Waals surface area contributed by atoms with Crippen LogP contribution in [0.1, 0.15) is 24.3 Å². The van der Waals surface area contributed by atoms with E-state index in [2.05, 4.69) is 39.4 Å². The van der Waals surface area contributed by atoms with Gasteiger partial charge in [-0.3, -0.25) is 0 Å². The van der Waals surface area contributed by atoms with Crippen LogP contribution in [0.4, 0.5) is 5.69 Å². The van der Waals surface area contributed by atoms with Crippen LogP contribution in [0.25, 0.3) is 0 Å². The lowest BCUT2D eigenvalue weighted by molar-refractivity contribution is 1.13. The summed E-state index contributed by atoms with van der Waals surface area (Å²) in [5.41, 5.74) is 2.64. The summed E-state index contributed by atoms with van der Waals surface area (Å²) in [6.07, 6.45) is 2.73. The van der Waals surface area contributed by atoms with Crippen LogP contribution in [0.5, 0.6) is 0 Å². The molecule has 0 radical (unpaired) electrons. The third-order valence-electron chi connectivity index (χ3n) is 2.31. The maximum Gasteiger partial charge on any atom is 0.0482 e. The van der Waals surface area contributed by atoms with E-state index >= 15 is 0 Å². The smallest absolute Gasteiger partial charge is 0.0482 e. The topological polar surface area (TPSA) is 12.0 Å². The molecule has 2 rings (SSSR count). The summed E-state index contributed by atoms with van der Waals surface area (Å²) < 4.78 is 1.18. The Labute approximate surface area is 81.3 Å². The van der Waals surface area contributed by atoms with Gasteiger partial charge in [-0.05, 0) is 52.4 Å². The van der Waals surface area contributed by atoms with Gasteiger partial charge in [-0.15, -0.1) is 0 Å². The van der Waals surface area contributed by atoms with Gasteiger partial charge in [0.1, 0.15) is 0 Å². The predicted molar refractivity (Wildman–Crippen MR) is 55.7 cm³/mol. The molecule has 0 atom stereocenters. The number of hydrogen-bond donors (Lipinski definition) is 1. The van der Waals surface area contributed by atoms with Gasteiger partial charge in [0.25, 0.3) is 0 Å². The molecule has 1 saturated carbocycles. The Morgan fingerprint density at radius 1 is 1.42 bits per heavy atom. The van der Waals surface area contributed by atoms with Gasteiger partial charge in [-0.1, -0.05) is 6.07 Å². The fourth-order valence-electron chi connectivity index (χ4n) is 1.40. The van der Waals surface area contributed by atoms with Gasteiger partial charge in [0.15, 0.2) is 0 Å². The van der Waals surface area contributed by atoms with Crippen LogP contribution in [0.3, 0.4) is 0 Å². The molecule has 1 aromatic rings. The van der Waals surface area contributed by atoms with E-state index in [-0.39, 0.29) is 0 Å². The minimum atomic E-state index is 0.840. The normalized spacial score (nSPS) is 16.2. The van der Waals surface area contributed by atoms with E-state index in [9.17, 15) is 0 Å². The van der Waals surface area contributed by atoms with Crippen LogP contribution in [-0.4, -0.2) is 7.05 Å². The van der Waals surface area contributed by atoms with E-state index in [1.165, 1.54) is 28.6 Å². The molecule has 1 aromatic carbocycles. The summed E-state index contributed by atoms with van der Waals surface area (Å²) in [7, 11) is 1.94. The first-order valence-electron chi connectivity index (χ1n) is 4.28. The third kappa shape index (κ3) is 1.48. The van der Waals surface area contributed by atoms with Gasteiger partial charge >= 0.3 is 0 Å². The zero-order valence-electron chi connectivity index (χ0n) is 7.10. The van der Waals surface area contributed by atoms with Crippen molar-refractivity contribution in [2.45, 2.75) is 18.8 Å². The summed E-state index contributed by atoms with van der Waals surface area (Å²) in [5, 5.41) is 3.13. The van der Waals surface area contributed by atoms with Crippen LogP contribution in [0.2, 0.25) is 0 Å². The molecule has 1 N–H and O–H groups in total. The lowest BCUT2D eigenvalue weighted by Crippen LogP contribution is -1.90. The predicted octanol–water partition coefficient (Wildman–Crippen LogP) is 3.37. The zero-order valence-corrected chi connectivity index (χ0v) is 8.69. The fourth-order valence-corrected chi connectivity index (χ4v) is 2.00. The van der Waals surface area contributed by atoms with Crippen molar-refractivity contribution >= 4 is 21.6 Å². The lowest BCUT2D eigenvalue weighted by Gasteiger charge is -2.05. The second kappa shape index (κ2) is 3.09. The van der Waals surface area contributed by atoms with Crippen molar-refractivity contribution in [1.82, 2.24) is 0 Å². The molecule has 0 aromatic heterocycles. The molecule has 0 saturated heterocycles. The maximum absolute atomic E-state index is 3.54. The summed E-state index contributed by atoms with van der Waals surface area (Å²) in [5.74, 6) is 0.840. The van der Waals surface area contributed by atoms with Crippen molar-refractivity contribution in [3.63, 3.8) is 0 Å². The Hall–Kier alpha value is -0.500. The molecule has 0 heterocycles. The molecule has 1 aliphatic carbocycles. The number of benzene rings is 1. The van der Waals surface area contributed by atoms with Crippen LogP contribution in [-0.2, 0) is 0 Å². The number of anilines is 1. The van der Waals surface area contributed by atoms with Crippen LogP contribution < -0.4 is 5.32 Å². The van der Waals surface area contributed by atoms with Crippen LogP contribution >= 0.6 is 15.9 Å². The molecule has 64 valence electrons. The van der Waals surface area contributed by atoms with Crippen molar-refractivity contribution in [3.05, 3.63) is 28.2 Å². The summed E-state index contributed by atoms with van der Waals surface area (Å²) in [6, 6.07) is 6.58. The second-order valence-corrected chi connectivity index (χ2v) is 4.12. The van der Waals surface area contributed by atoms with Crippen molar-refractivity contribution in [2.24, 2.45) is 0 Å². The molecule has 0 amide bonds. The molecular formula is C10H12BrN. The standard InChI is InChI=1S/C10H12BrN/c1-12-10-5-4-8(6-9(10)11)7-2-3-7/h4-7,12H,2-3H2,1H3. The van der Waals surface area contributed by atoms with E-state index < -0.39 is 0 Å². The van der Waals surface area contributed by atoms with Gasteiger partial charge in [0.2, 0.25) is 0 Å². The van der Waals surface area contributed by atoms with Gasteiger partial charge in [-0.25, -0.2) is 0 Å². The van der Waals surface area contributed by atoms with Crippen LogP contribution in [0, 0.1) is 0 Å². The Morgan fingerprint density at radius 3 is 2.67 bits per heavy atom.